The molecule has 0 unspecified atom stereocenters. The quantitative estimate of drug-likeness (QED) is 0.515. The van der Waals surface area contributed by atoms with E-state index < -0.39 is 5.69 Å². The van der Waals surface area contributed by atoms with Gasteiger partial charge in [-0.2, -0.15) is 10.1 Å². The molecule has 0 bridgehead atoms. The van der Waals surface area contributed by atoms with Gasteiger partial charge in [0.05, 0.1) is 20.6 Å². The number of aryl methyl sites for hydroxylation is 1. The third-order valence-electron chi connectivity index (χ3n) is 2.02. The molecule has 0 radical (unpaired) electrons. The van der Waals surface area contributed by atoms with E-state index >= 15 is 0 Å². The summed E-state index contributed by atoms with van der Waals surface area (Å²) in [6.45, 7) is 3.70. The molecule has 0 aromatic carbocycles. The molecule has 0 aliphatic carbocycles. The summed E-state index contributed by atoms with van der Waals surface area (Å²) in [5.41, 5.74) is 0.299. The standard InChI is InChI=1S/C9H17N5O/c1-7-8(11-9(15)13-12-7)10-5-4-6-14(2)3/h4-6H2,1-3H3,(H2,10,11,13,15)/p+1. The molecule has 6 heteroatoms. The summed E-state index contributed by atoms with van der Waals surface area (Å²) in [4.78, 5) is 16.1. The second-order valence-corrected chi connectivity index (χ2v) is 3.81. The Kier molecular flexibility index (Phi) is 4.23. The van der Waals surface area contributed by atoms with Gasteiger partial charge in [0.2, 0.25) is 0 Å². The number of quaternary nitrogens is 1. The fourth-order valence-electron chi connectivity index (χ4n) is 1.21. The third kappa shape index (κ3) is 4.07. The van der Waals surface area contributed by atoms with Crippen LogP contribution in [0.2, 0.25) is 0 Å². The minimum atomic E-state index is -0.415. The Morgan fingerprint density at radius 1 is 1.47 bits per heavy atom. The first-order valence-corrected chi connectivity index (χ1v) is 5.06. The molecule has 1 rings (SSSR count). The van der Waals surface area contributed by atoms with Crippen LogP contribution in [0.1, 0.15) is 12.1 Å². The molecule has 6 nitrogen and oxygen atoms in total. The predicted molar refractivity (Wildman–Crippen MR) is 58.2 cm³/mol. The number of anilines is 1. The summed E-state index contributed by atoms with van der Waals surface area (Å²) in [7, 11) is 4.22. The van der Waals surface area contributed by atoms with Crippen LogP contribution < -0.4 is 15.9 Å². The van der Waals surface area contributed by atoms with Gasteiger partial charge in [-0.15, -0.1) is 0 Å². The Hall–Kier alpha value is -1.43. The molecule has 1 aromatic heterocycles. The monoisotopic (exact) mass is 212 g/mol. The van der Waals surface area contributed by atoms with Crippen LogP contribution in [-0.4, -0.2) is 42.4 Å². The molecular formula is C9H18N5O+. The first-order valence-electron chi connectivity index (χ1n) is 5.06. The van der Waals surface area contributed by atoms with Gasteiger partial charge in [0, 0.05) is 13.0 Å². The van der Waals surface area contributed by atoms with Crippen molar-refractivity contribution in [2.75, 3.05) is 32.5 Å². The van der Waals surface area contributed by atoms with Gasteiger partial charge < -0.3 is 10.2 Å². The number of aromatic nitrogens is 3. The molecule has 84 valence electrons. The van der Waals surface area contributed by atoms with Crippen molar-refractivity contribution < 1.29 is 4.90 Å². The van der Waals surface area contributed by atoms with Crippen molar-refractivity contribution in [2.45, 2.75) is 13.3 Å². The average Bonchev–Trinajstić information content (AvgIpc) is 2.17. The van der Waals surface area contributed by atoms with Crippen LogP contribution in [0.25, 0.3) is 0 Å². The van der Waals surface area contributed by atoms with Gasteiger partial charge in [0.25, 0.3) is 0 Å². The van der Waals surface area contributed by atoms with Crippen molar-refractivity contribution >= 4 is 5.82 Å². The largest absolute Gasteiger partial charge is 0.368 e. The molecule has 0 spiro atoms. The summed E-state index contributed by atoms with van der Waals surface area (Å²) in [6, 6.07) is 0. The van der Waals surface area contributed by atoms with E-state index in [4.69, 9.17) is 0 Å². The average molecular weight is 212 g/mol. The van der Waals surface area contributed by atoms with Gasteiger partial charge in [0.1, 0.15) is 5.69 Å². The number of nitrogens with zero attached hydrogens (tertiary/aromatic N) is 2. The van der Waals surface area contributed by atoms with Crippen LogP contribution in [0.15, 0.2) is 4.79 Å². The van der Waals surface area contributed by atoms with Crippen LogP contribution in [0.5, 0.6) is 0 Å². The van der Waals surface area contributed by atoms with Crippen LogP contribution in [0.4, 0.5) is 5.82 Å². The maximum atomic E-state index is 10.9. The van der Waals surface area contributed by atoms with Crippen molar-refractivity contribution in [3.8, 4) is 0 Å². The highest BCUT2D eigenvalue weighted by Crippen LogP contribution is 2.02. The molecule has 3 N–H and O–H groups in total. The summed E-state index contributed by atoms with van der Waals surface area (Å²) in [5, 5.41) is 9.21. The van der Waals surface area contributed by atoms with Crippen molar-refractivity contribution in [3.63, 3.8) is 0 Å². The summed E-state index contributed by atoms with van der Waals surface area (Å²) >= 11 is 0. The minimum Gasteiger partial charge on any atom is -0.368 e. The van der Waals surface area contributed by atoms with Crippen molar-refractivity contribution in [2.24, 2.45) is 0 Å². The Balaban J connectivity index is 2.43. The topological polar surface area (TPSA) is 75.1 Å². The number of rotatable bonds is 5. The third-order valence-corrected chi connectivity index (χ3v) is 2.02. The highest BCUT2D eigenvalue weighted by molar-refractivity contribution is 5.37. The van der Waals surface area contributed by atoms with Gasteiger partial charge >= 0.3 is 5.69 Å². The highest BCUT2D eigenvalue weighted by Gasteiger charge is 2.01. The summed E-state index contributed by atoms with van der Waals surface area (Å²) in [6.07, 6.45) is 1.04. The van der Waals surface area contributed by atoms with E-state index in [9.17, 15) is 4.79 Å². The first-order chi connectivity index (χ1) is 7.09. The zero-order valence-corrected chi connectivity index (χ0v) is 9.42. The minimum absolute atomic E-state index is 0.415. The van der Waals surface area contributed by atoms with Crippen LogP contribution in [-0.2, 0) is 0 Å². The van der Waals surface area contributed by atoms with E-state index in [0.717, 1.165) is 19.5 Å². The van der Waals surface area contributed by atoms with Gasteiger partial charge in [-0.25, -0.2) is 9.89 Å². The number of nitrogens with one attached hydrogen (secondary N) is 3. The van der Waals surface area contributed by atoms with Crippen LogP contribution >= 0.6 is 0 Å². The number of aromatic amines is 1. The predicted octanol–water partition coefficient (Wildman–Crippen LogP) is -1.58. The first kappa shape index (κ1) is 11.6. The zero-order chi connectivity index (χ0) is 11.3. The normalized spacial score (nSPS) is 10.7. The Bertz CT molecular complexity index is 360. The van der Waals surface area contributed by atoms with Gasteiger partial charge in [0.15, 0.2) is 5.82 Å². The lowest BCUT2D eigenvalue weighted by molar-refractivity contribution is -0.858. The van der Waals surface area contributed by atoms with E-state index in [2.05, 4.69) is 34.6 Å². The van der Waals surface area contributed by atoms with E-state index in [-0.39, 0.29) is 0 Å². The lowest BCUT2D eigenvalue weighted by Crippen LogP contribution is -3.05. The van der Waals surface area contributed by atoms with E-state index in [1.54, 1.807) is 0 Å². The second kappa shape index (κ2) is 5.45. The maximum Gasteiger partial charge on any atom is 0.363 e. The molecule has 0 atom stereocenters. The summed E-state index contributed by atoms with van der Waals surface area (Å²) < 4.78 is 0. The fraction of sp³-hybridized carbons (Fsp3) is 0.667. The molecule has 1 heterocycles. The molecule has 0 aliphatic rings. The highest BCUT2D eigenvalue weighted by atomic mass is 16.1. The number of H-pyrrole nitrogens is 1. The lowest BCUT2D eigenvalue weighted by Gasteiger charge is -2.08. The van der Waals surface area contributed by atoms with Gasteiger partial charge in [-0.1, -0.05) is 0 Å². The molecule has 1 aromatic rings. The van der Waals surface area contributed by atoms with Crippen LogP contribution in [0, 0.1) is 6.92 Å². The second-order valence-electron chi connectivity index (χ2n) is 3.81. The SMILES string of the molecule is Cc1n[nH]c(=O)nc1NCCC[NH+](C)C. The van der Waals surface area contributed by atoms with Crippen molar-refractivity contribution in [3.05, 3.63) is 16.2 Å². The van der Waals surface area contributed by atoms with Crippen molar-refractivity contribution in [1.82, 2.24) is 15.2 Å². The molecule has 15 heavy (non-hydrogen) atoms. The van der Waals surface area contributed by atoms with E-state index in [0.29, 0.717) is 11.5 Å². The Labute approximate surface area is 88.7 Å². The van der Waals surface area contributed by atoms with E-state index in [1.807, 2.05) is 6.92 Å². The lowest BCUT2D eigenvalue weighted by atomic mass is 10.4. The molecule has 0 saturated heterocycles. The molecule has 0 amide bonds. The maximum absolute atomic E-state index is 10.9. The Morgan fingerprint density at radius 2 is 2.20 bits per heavy atom. The fourth-order valence-corrected chi connectivity index (χ4v) is 1.21. The molecule has 0 aliphatic heterocycles. The summed E-state index contributed by atoms with van der Waals surface area (Å²) in [5.74, 6) is 0.576. The smallest absolute Gasteiger partial charge is 0.363 e. The molecule has 0 fully saturated rings. The van der Waals surface area contributed by atoms with Gasteiger partial charge in [-0.3, -0.25) is 0 Å². The van der Waals surface area contributed by atoms with E-state index in [1.165, 1.54) is 4.90 Å². The Morgan fingerprint density at radius 3 is 2.87 bits per heavy atom. The number of hydrogen-bond donors (Lipinski definition) is 3. The molecular weight excluding hydrogens is 194 g/mol. The zero-order valence-electron chi connectivity index (χ0n) is 9.42. The van der Waals surface area contributed by atoms with Crippen molar-refractivity contribution in [1.29, 1.82) is 0 Å². The number of hydrogen-bond acceptors (Lipinski definition) is 4. The van der Waals surface area contributed by atoms with Crippen LogP contribution in [0.3, 0.4) is 0 Å². The van der Waals surface area contributed by atoms with Gasteiger partial charge in [-0.05, 0) is 6.92 Å². The molecule has 0 saturated carbocycles.